The van der Waals surface area contributed by atoms with E-state index in [4.69, 9.17) is 4.74 Å². The Labute approximate surface area is 99.8 Å². The number of rotatable bonds is 3. The second-order valence-corrected chi connectivity index (χ2v) is 4.44. The Hall–Kier alpha value is -1.39. The van der Waals surface area contributed by atoms with Gasteiger partial charge in [-0.3, -0.25) is 0 Å². The molecule has 17 heavy (non-hydrogen) atoms. The van der Waals surface area contributed by atoms with Gasteiger partial charge in [-0.2, -0.15) is 0 Å². The van der Waals surface area contributed by atoms with Gasteiger partial charge in [-0.1, -0.05) is 18.2 Å². The molecule has 1 aliphatic carbocycles. The number of ether oxygens (including phenoxy) is 1. The summed E-state index contributed by atoms with van der Waals surface area (Å²) in [5.74, 6) is -0.311. The molecule has 2 N–H and O–H groups in total. The van der Waals surface area contributed by atoms with Crippen LogP contribution in [0.25, 0.3) is 0 Å². The first-order valence-electron chi connectivity index (χ1n) is 5.75. The minimum atomic E-state index is -0.685. The van der Waals surface area contributed by atoms with Crippen LogP contribution < -0.4 is 0 Å². The molecule has 0 spiro atoms. The summed E-state index contributed by atoms with van der Waals surface area (Å²) in [6.45, 7) is 0.252. The first kappa shape index (κ1) is 12.1. The van der Waals surface area contributed by atoms with E-state index in [0.717, 1.165) is 0 Å². The number of benzene rings is 1. The second kappa shape index (κ2) is 5.29. The van der Waals surface area contributed by atoms with E-state index in [2.05, 4.69) is 0 Å². The number of hydrogen-bond donors (Lipinski definition) is 2. The van der Waals surface area contributed by atoms with Crippen molar-refractivity contribution in [1.29, 1.82) is 0 Å². The average Bonchev–Trinajstić information content (AvgIpc) is 2.67. The van der Waals surface area contributed by atoms with E-state index in [1.165, 1.54) is 0 Å². The molecule has 0 unspecified atom stereocenters. The van der Waals surface area contributed by atoms with Crippen molar-refractivity contribution < 1.29 is 19.7 Å². The molecule has 0 aromatic heterocycles. The van der Waals surface area contributed by atoms with Crippen molar-refractivity contribution in [1.82, 2.24) is 0 Å². The van der Waals surface area contributed by atoms with Crippen LogP contribution in [0.2, 0.25) is 0 Å². The highest BCUT2D eigenvalue weighted by atomic mass is 16.5. The first-order chi connectivity index (χ1) is 8.16. The van der Waals surface area contributed by atoms with Crippen molar-refractivity contribution in [3.63, 3.8) is 0 Å². The van der Waals surface area contributed by atoms with Crippen molar-refractivity contribution in [3.8, 4) is 0 Å². The van der Waals surface area contributed by atoms with Crippen LogP contribution >= 0.6 is 0 Å². The molecule has 0 bridgehead atoms. The van der Waals surface area contributed by atoms with Crippen molar-refractivity contribution >= 4 is 5.97 Å². The number of aliphatic hydroxyl groups excluding tert-OH is 2. The fourth-order valence-electron chi connectivity index (χ4n) is 2.08. The Morgan fingerprint density at radius 3 is 2.35 bits per heavy atom. The lowest BCUT2D eigenvalue weighted by Gasteiger charge is -2.09. The maximum atomic E-state index is 11.6. The predicted octanol–water partition coefficient (Wildman–Crippen LogP) is 0.975. The predicted molar refractivity (Wildman–Crippen MR) is 61.5 cm³/mol. The van der Waals surface area contributed by atoms with Crippen LogP contribution in [0, 0.1) is 5.92 Å². The summed E-state index contributed by atoms with van der Waals surface area (Å²) in [5.41, 5.74) is 0.520. The molecule has 0 radical (unpaired) electrons. The van der Waals surface area contributed by atoms with E-state index in [0.29, 0.717) is 18.4 Å². The van der Waals surface area contributed by atoms with E-state index in [1.807, 2.05) is 6.07 Å². The number of carbonyl (C=O) groups excluding carboxylic acids is 1. The van der Waals surface area contributed by atoms with E-state index in [9.17, 15) is 15.0 Å². The van der Waals surface area contributed by atoms with E-state index in [1.54, 1.807) is 24.3 Å². The summed E-state index contributed by atoms with van der Waals surface area (Å²) in [6.07, 6.45) is -0.391. The molecule has 1 aromatic rings. The molecule has 0 amide bonds. The number of esters is 1. The Balaban J connectivity index is 1.81. The third-order valence-electron chi connectivity index (χ3n) is 3.05. The minimum absolute atomic E-state index is 0.0488. The van der Waals surface area contributed by atoms with Gasteiger partial charge in [0.2, 0.25) is 0 Å². The minimum Gasteiger partial charge on any atom is -0.462 e. The average molecular weight is 236 g/mol. The highest BCUT2D eigenvalue weighted by Crippen LogP contribution is 2.26. The van der Waals surface area contributed by atoms with Crippen molar-refractivity contribution in [2.45, 2.75) is 25.0 Å². The summed E-state index contributed by atoms with van der Waals surface area (Å²) in [5, 5.41) is 18.7. The first-order valence-corrected chi connectivity index (χ1v) is 5.75. The van der Waals surface area contributed by atoms with Gasteiger partial charge < -0.3 is 14.9 Å². The van der Waals surface area contributed by atoms with Crippen LogP contribution in [0.4, 0.5) is 0 Å². The fraction of sp³-hybridized carbons (Fsp3) is 0.462. The number of hydrogen-bond acceptors (Lipinski definition) is 4. The second-order valence-electron chi connectivity index (χ2n) is 4.44. The maximum absolute atomic E-state index is 11.6. The molecular weight excluding hydrogens is 220 g/mol. The molecule has 0 saturated heterocycles. The van der Waals surface area contributed by atoms with Gasteiger partial charge in [0.1, 0.15) is 0 Å². The van der Waals surface area contributed by atoms with E-state index >= 15 is 0 Å². The van der Waals surface area contributed by atoms with Crippen molar-refractivity contribution in [3.05, 3.63) is 35.9 Å². The van der Waals surface area contributed by atoms with Gasteiger partial charge in [-0.25, -0.2) is 4.79 Å². The van der Waals surface area contributed by atoms with Crippen molar-refractivity contribution in [2.75, 3.05) is 6.61 Å². The van der Waals surface area contributed by atoms with Crippen LogP contribution in [0.1, 0.15) is 23.2 Å². The van der Waals surface area contributed by atoms with Crippen LogP contribution in [-0.4, -0.2) is 35.0 Å². The number of carbonyl (C=O) groups is 1. The Morgan fingerprint density at radius 1 is 1.18 bits per heavy atom. The van der Waals surface area contributed by atoms with Gasteiger partial charge in [-0.15, -0.1) is 0 Å². The molecule has 4 heteroatoms. The SMILES string of the molecule is O=C(OC[C@@H]1C[C@@H](O)[C@@H](O)C1)c1ccccc1. The zero-order valence-electron chi connectivity index (χ0n) is 9.45. The number of aliphatic hydroxyl groups is 2. The van der Waals surface area contributed by atoms with Gasteiger partial charge in [0, 0.05) is 0 Å². The smallest absolute Gasteiger partial charge is 0.338 e. The molecule has 4 nitrogen and oxygen atoms in total. The van der Waals surface area contributed by atoms with Gasteiger partial charge in [0.25, 0.3) is 0 Å². The van der Waals surface area contributed by atoms with E-state index in [-0.39, 0.29) is 18.5 Å². The molecule has 1 aliphatic rings. The van der Waals surface area contributed by atoms with Crippen LogP contribution in [-0.2, 0) is 4.74 Å². The lowest BCUT2D eigenvalue weighted by atomic mass is 10.1. The zero-order valence-corrected chi connectivity index (χ0v) is 9.45. The van der Waals surface area contributed by atoms with Crippen LogP contribution in [0.5, 0.6) is 0 Å². The summed E-state index contributed by atoms with van der Waals surface area (Å²) in [6, 6.07) is 8.78. The summed E-state index contributed by atoms with van der Waals surface area (Å²) in [7, 11) is 0. The summed E-state index contributed by atoms with van der Waals surface area (Å²) in [4.78, 5) is 11.6. The molecule has 2 rings (SSSR count). The Bertz CT molecular complexity index is 366. The van der Waals surface area contributed by atoms with Gasteiger partial charge in [0.05, 0.1) is 24.4 Å². The monoisotopic (exact) mass is 236 g/mol. The molecular formula is C13H16O4. The highest BCUT2D eigenvalue weighted by molar-refractivity contribution is 5.89. The molecule has 1 aromatic carbocycles. The molecule has 0 aliphatic heterocycles. The lowest BCUT2D eigenvalue weighted by molar-refractivity contribution is 0.0431. The largest absolute Gasteiger partial charge is 0.462 e. The molecule has 1 fully saturated rings. The molecule has 3 atom stereocenters. The van der Waals surface area contributed by atoms with Crippen molar-refractivity contribution in [2.24, 2.45) is 5.92 Å². The Kier molecular flexibility index (Phi) is 3.76. The summed E-state index contributed by atoms with van der Waals surface area (Å²) >= 11 is 0. The molecule has 0 heterocycles. The maximum Gasteiger partial charge on any atom is 0.338 e. The van der Waals surface area contributed by atoms with Crippen LogP contribution in [0.15, 0.2) is 30.3 Å². The van der Waals surface area contributed by atoms with Gasteiger partial charge >= 0.3 is 5.97 Å². The molecule has 92 valence electrons. The standard InChI is InChI=1S/C13H16O4/c14-11-6-9(7-12(11)15)8-17-13(16)10-4-2-1-3-5-10/h1-5,9,11-12,14-15H,6-8H2/t9-,11-,12+. The summed E-state index contributed by atoms with van der Waals surface area (Å²) < 4.78 is 5.15. The van der Waals surface area contributed by atoms with Crippen LogP contribution in [0.3, 0.4) is 0 Å². The van der Waals surface area contributed by atoms with E-state index < -0.39 is 12.2 Å². The van der Waals surface area contributed by atoms with Gasteiger partial charge in [0.15, 0.2) is 0 Å². The lowest BCUT2D eigenvalue weighted by Crippen LogP contribution is -2.17. The zero-order chi connectivity index (χ0) is 12.3. The third kappa shape index (κ3) is 3.05. The van der Waals surface area contributed by atoms with Gasteiger partial charge in [-0.05, 0) is 30.9 Å². The molecule has 1 saturated carbocycles. The Morgan fingerprint density at radius 2 is 1.76 bits per heavy atom. The quantitative estimate of drug-likeness (QED) is 0.768. The topological polar surface area (TPSA) is 66.8 Å². The third-order valence-corrected chi connectivity index (χ3v) is 3.05. The normalized spacial score (nSPS) is 28.0. The highest BCUT2D eigenvalue weighted by Gasteiger charge is 2.32. The fourth-order valence-corrected chi connectivity index (χ4v) is 2.08.